The molecule has 1 aromatic carbocycles. The first-order chi connectivity index (χ1) is 9.61. The van der Waals surface area contributed by atoms with Crippen LogP contribution < -0.4 is 5.32 Å². The molecule has 0 aromatic heterocycles. The van der Waals surface area contributed by atoms with Gasteiger partial charge < -0.3 is 10.4 Å². The van der Waals surface area contributed by atoms with Crippen LogP contribution >= 0.6 is 23.2 Å². The van der Waals surface area contributed by atoms with E-state index in [4.69, 9.17) is 28.3 Å². The molecule has 0 aliphatic carbocycles. The number of rotatable bonds is 8. The van der Waals surface area contributed by atoms with Gasteiger partial charge in [0.1, 0.15) is 0 Å². The van der Waals surface area contributed by atoms with Crippen molar-refractivity contribution in [2.45, 2.75) is 25.7 Å². The van der Waals surface area contributed by atoms with E-state index in [9.17, 15) is 4.79 Å². The molecule has 20 heavy (non-hydrogen) atoms. The largest absolute Gasteiger partial charge is 0.396 e. The number of carbonyl (C=O) groups is 1. The Morgan fingerprint density at radius 1 is 1.10 bits per heavy atom. The fourth-order valence-corrected chi connectivity index (χ4v) is 2.25. The summed E-state index contributed by atoms with van der Waals surface area (Å²) in [5, 5.41) is 12.5. The van der Waals surface area contributed by atoms with Crippen LogP contribution in [-0.2, 0) is 4.79 Å². The van der Waals surface area contributed by atoms with Crippen LogP contribution in [0, 0.1) is 0 Å². The van der Waals surface area contributed by atoms with Crippen LogP contribution in [0.1, 0.15) is 31.2 Å². The zero-order valence-corrected chi connectivity index (χ0v) is 12.8. The molecule has 0 saturated carbocycles. The van der Waals surface area contributed by atoms with E-state index in [0.29, 0.717) is 16.6 Å². The lowest BCUT2D eigenvalue weighted by atomic mass is 10.2. The second kappa shape index (κ2) is 9.81. The molecule has 110 valence electrons. The number of benzene rings is 1. The summed E-state index contributed by atoms with van der Waals surface area (Å²) in [6.07, 6.45) is 6.89. The van der Waals surface area contributed by atoms with Gasteiger partial charge in [0.25, 0.3) is 0 Å². The Kier molecular flexibility index (Phi) is 8.35. The summed E-state index contributed by atoms with van der Waals surface area (Å²) >= 11 is 11.7. The van der Waals surface area contributed by atoms with Crippen LogP contribution in [0.4, 0.5) is 0 Å². The van der Waals surface area contributed by atoms with Crippen LogP contribution in [-0.4, -0.2) is 24.2 Å². The molecule has 0 heterocycles. The molecule has 0 aliphatic heterocycles. The maximum Gasteiger partial charge on any atom is 0.243 e. The molecule has 3 nitrogen and oxygen atoms in total. The summed E-state index contributed by atoms with van der Waals surface area (Å²) in [4.78, 5) is 11.6. The lowest BCUT2D eigenvalue weighted by Gasteiger charge is -2.02. The number of halogens is 2. The molecule has 0 bridgehead atoms. The average Bonchev–Trinajstić information content (AvgIpc) is 2.39. The number of nitrogens with one attached hydrogen (secondary N) is 1. The molecule has 0 spiro atoms. The molecule has 1 rings (SSSR count). The van der Waals surface area contributed by atoms with E-state index in [2.05, 4.69) is 5.32 Å². The lowest BCUT2D eigenvalue weighted by molar-refractivity contribution is -0.116. The van der Waals surface area contributed by atoms with E-state index >= 15 is 0 Å². The minimum Gasteiger partial charge on any atom is -0.396 e. The van der Waals surface area contributed by atoms with Gasteiger partial charge in [-0.2, -0.15) is 0 Å². The van der Waals surface area contributed by atoms with E-state index in [1.807, 2.05) is 0 Å². The molecule has 0 fully saturated rings. The fraction of sp³-hybridized carbons (Fsp3) is 0.400. The Labute approximate surface area is 129 Å². The van der Waals surface area contributed by atoms with Crippen molar-refractivity contribution in [3.8, 4) is 0 Å². The molecule has 0 atom stereocenters. The number of unbranched alkanes of at least 4 members (excludes halogenated alkanes) is 3. The smallest absolute Gasteiger partial charge is 0.243 e. The van der Waals surface area contributed by atoms with Crippen LogP contribution in [0.15, 0.2) is 24.3 Å². The number of aliphatic hydroxyl groups excluding tert-OH is 1. The van der Waals surface area contributed by atoms with Crippen molar-refractivity contribution in [2.75, 3.05) is 13.2 Å². The second-order valence-electron chi connectivity index (χ2n) is 4.46. The van der Waals surface area contributed by atoms with Crippen molar-refractivity contribution in [3.63, 3.8) is 0 Å². The summed E-state index contributed by atoms with van der Waals surface area (Å²) in [6, 6.07) is 5.13. The summed E-state index contributed by atoms with van der Waals surface area (Å²) in [5.74, 6) is -0.136. The third-order valence-electron chi connectivity index (χ3n) is 2.70. The molecule has 0 aliphatic rings. The first kappa shape index (κ1) is 17.0. The van der Waals surface area contributed by atoms with Gasteiger partial charge in [0, 0.05) is 29.3 Å². The van der Waals surface area contributed by atoms with Gasteiger partial charge in [0.05, 0.1) is 0 Å². The molecule has 2 N–H and O–H groups in total. The van der Waals surface area contributed by atoms with Gasteiger partial charge >= 0.3 is 0 Å². The van der Waals surface area contributed by atoms with Crippen molar-refractivity contribution >= 4 is 35.2 Å². The summed E-state index contributed by atoms with van der Waals surface area (Å²) < 4.78 is 0. The Morgan fingerprint density at radius 2 is 1.75 bits per heavy atom. The third kappa shape index (κ3) is 7.53. The summed E-state index contributed by atoms with van der Waals surface area (Å²) in [5.41, 5.74) is 0.792. The maximum atomic E-state index is 11.6. The Balaban J connectivity index is 2.29. The first-order valence-corrected chi connectivity index (χ1v) is 7.40. The van der Waals surface area contributed by atoms with Gasteiger partial charge in [0.15, 0.2) is 0 Å². The van der Waals surface area contributed by atoms with Crippen LogP contribution in [0.25, 0.3) is 6.08 Å². The second-order valence-corrected chi connectivity index (χ2v) is 5.34. The molecule has 1 aromatic rings. The van der Waals surface area contributed by atoms with Gasteiger partial charge in [0.2, 0.25) is 5.91 Å². The predicted octanol–water partition coefficient (Wildman–Crippen LogP) is 3.68. The highest BCUT2D eigenvalue weighted by Gasteiger charge is 1.97. The third-order valence-corrected chi connectivity index (χ3v) is 3.13. The minimum atomic E-state index is -0.136. The highest BCUT2D eigenvalue weighted by atomic mass is 35.5. The minimum absolute atomic E-state index is 0.136. The number of carbonyl (C=O) groups excluding carboxylic acids is 1. The van der Waals surface area contributed by atoms with Gasteiger partial charge in [-0.15, -0.1) is 0 Å². The molecule has 1 amide bonds. The molecular weight excluding hydrogens is 297 g/mol. The average molecular weight is 316 g/mol. The highest BCUT2D eigenvalue weighted by Crippen LogP contribution is 2.19. The Hall–Kier alpha value is -1.03. The normalized spacial score (nSPS) is 10.9. The number of amides is 1. The first-order valence-electron chi connectivity index (χ1n) is 6.64. The van der Waals surface area contributed by atoms with Crippen molar-refractivity contribution in [1.29, 1.82) is 0 Å². The quantitative estimate of drug-likeness (QED) is 0.568. The SMILES string of the molecule is O=C(/C=C/c1cc(Cl)cc(Cl)c1)NCCCCCCO. The Bertz CT molecular complexity index is 441. The zero-order valence-electron chi connectivity index (χ0n) is 11.2. The van der Waals surface area contributed by atoms with Gasteiger partial charge in [-0.25, -0.2) is 0 Å². The van der Waals surface area contributed by atoms with Crippen molar-refractivity contribution in [3.05, 3.63) is 39.9 Å². The monoisotopic (exact) mass is 315 g/mol. The number of hydrogen-bond donors (Lipinski definition) is 2. The summed E-state index contributed by atoms with van der Waals surface area (Å²) in [6.45, 7) is 0.877. The van der Waals surface area contributed by atoms with Gasteiger partial charge in [-0.05, 0) is 42.7 Å². The fourth-order valence-electron chi connectivity index (χ4n) is 1.70. The zero-order chi connectivity index (χ0) is 14.8. The van der Waals surface area contributed by atoms with Crippen LogP contribution in [0.2, 0.25) is 10.0 Å². The Morgan fingerprint density at radius 3 is 2.40 bits per heavy atom. The molecular formula is C15H19Cl2NO2. The van der Waals surface area contributed by atoms with Gasteiger partial charge in [-0.3, -0.25) is 4.79 Å². The predicted molar refractivity (Wildman–Crippen MR) is 84.1 cm³/mol. The van der Waals surface area contributed by atoms with Crippen molar-refractivity contribution in [1.82, 2.24) is 5.32 Å². The summed E-state index contributed by atoms with van der Waals surface area (Å²) in [7, 11) is 0. The van der Waals surface area contributed by atoms with Crippen LogP contribution in [0.3, 0.4) is 0 Å². The standard InChI is InChI=1S/C15H19Cl2NO2/c16-13-9-12(10-14(17)11-13)5-6-15(20)18-7-3-1-2-4-8-19/h5-6,9-11,19H,1-4,7-8H2,(H,18,20)/b6-5+. The molecule has 0 radical (unpaired) electrons. The van der Waals surface area contributed by atoms with Crippen LogP contribution in [0.5, 0.6) is 0 Å². The lowest BCUT2D eigenvalue weighted by Crippen LogP contribution is -2.21. The van der Waals surface area contributed by atoms with E-state index in [0.717, 1.165) is 31.2 Å². The maximum absolute atomic E-state index is 11.6. The number of hydrogen-bond acceptors (Lipinski definition) is 2. The number of aliphatic hydroxyl groups is 1. The van der Waals surface area contributed by atoms with E-state index in [1.165, 1.54) is 6.08 Å². The van der Waals surface area contributed by atoms with Gasteiger partial charge in [-0.1, -0.05) is 36.0 Å². The van der Waals surface area contributed by atoms with E-state index in [-0.39, 0.29) is 12.5 Å². The molecule has 5 heteroatoms. The van der Waals surface area contributed by atoms with E-state index in [1.54, 1.807) is 24.3 Å². The topological polar surface area (TPSA) is 49.3 Å². The van der Waals surface area contributed by atoms with Crippen molar-refractivity contribution < 1.29 is 9.90 Å². The van der Waals surface area contributed by atoms with Crippen molar-refractivity contribution in [2.24, 2.45) is 0 Å². The molecule has 0 saturated heterocycles. The molecule has 0 unspecified atom stereocenters. The van der Waals surface area contributed by atoms with E-state index < -0.39 is 0 Å². The highest BCUT2D eigenvalue weighted by molar-refractivity contribution is 6.34.